The second-order valence-corrected chi connectivity index (χ2v) is 8.48. The molecule has 8 nitrogen and oxygen atoms in total. The Balaban J connectivity index is 1.39. The fourth-order valence-corrected chi connectivity index (χ4v) is 4.17. The van der Waals surface area contributed by atoms with Crippen LogP contribution in [0.3, 0.4) is 0 Å². The smallest absolute Gasteiger partial charge is 0.407 e. The fraction of sp³-hybridized carbons (Fsp3) is 0.423. The lowest BCUT2D eigenvalue weighted by Gasteiger charge is -2.17. The number of hydroxylamine groups is 1. The van der Waals surface area contributed by atoms with Gasteiger partial charge in [-0.2, -0.15) is 0 Å². The molecule has 2 unspecified atom stereocenters. The van der Waals surface area contributed by atoms with Gasteiger partial charge in [0.2, 0.25) is 5.91 Å². The molecule has 0 bridgehead atoms. The number of amides is 2. The van der Waals surface area contributed by atoms with E-state index in [4.69, 9.17) is 14.7 Å². The molecule has 34 heavy (non-hydrogen) atoms. The Bertz CT molecular complexity index is 963. The Morgan fingerprint density at radius 3 is 2.21 bits per heavy atom. The molecule has 0 saturated carbocycles. The average molecular weight is 469 g/mol. The van der Waals surface area contributed by atoms with Crippen molar-refractivity contribution in [2.24, 2.45) is 5.92 Å². The minimum atomic E-state index is -1.15. The van der Waals surface area contributed by atoms with E-state index in [-0.39, 0.29) is 30.8 Å². The van der Waals surface area contributed by atoms with Gasteiger partial charge in [-0.15, -0.1) is 0 Å². The van der Waals surface area contributed by atoms with Crippen LogP contribution in [0.5, 0.6) is 0 Å². The maximum atomic E-state index is 12.3. The van der Waals surface area contributed by atoms with Gasteiger partial charge in [-0.1, -0.05) is 61.9 Å². The first kappa shape index (κ1) is 25.2. The summed E-state index contributed by atoms with van der Waals surface area (Å²) >= 11 is 0. The van der Waals surface area contributed by atoms with E-state index in [1.54, 1.807) is 0 Å². The van der Waals surface area contributed by atoms with Gasteiger partial charge in [-0.05, 0) is 47.9 Å². The Kier molecular flexibility index (Phi) is 9.04. The Morgan fingerprint density at radius 1 is 1.00 bits per heavy atom. The molecule has 0 radical (unpaired) electrons. The lowest BCUT2D eigenvalue weighted by molar-refractivity contribution is -0.158. The first-order valence-corrected chi connectivity index (χ1v) is 11.7. The molecule has 0 aliphatic heterocycles. The van der Waals surface area contributed by atoms with Crippen molar-refractivity contribution >= 4 is 18.0 Å². The van der Waals surface area contributed by atoms with Crippen molar-refractivity contribution < 1.29 is 29.1 Å². The molecule has 3 N–H and O–H groups in total. The highest BCUT2D eigenvalue weighted by Crippen LogP contribution is 2.44. The monoisotopic (exact) mass is 468 g/mol. The first-order valence-electron chi connectivity index (χ1n) is 11.7. The summed E-state index contributed by atoms with van der Waals surface area (Å²) in [6, 6.07) is 16.4. The molecule has 3 rings (SSSR count). The van der Waals surface area contributed by atoms with Gasteiger partial charge in [0.15, 0.2) is 6.10 Å². The number of rotatable bonds is 12. The van der Waals surface area contributed by atoms with Crippen LogP contribution in [0.2, 0.25) is 0 Å². The first-order chi connectivity index (χ1) is 16.4. The van der Waals surface area contributed by atoms with Gasteiger partial charge in [-0.25, -0.2) is 15.1 Å². The number of nitrogens with one attached hydrogen (secondary N) is 2. The van der Waals surface area contributed by atoms with E-state index in [9.17, 15) is 14.4 Å². The molecule has 1 aliphatic carbocycles. The lowest BCUT2D eigenvalue weighted by Crippen LogP contribution is -2.32. The highest BCUT2D eigenvalue weighted by atomic mass is 16.7. The number of hydrogen-bond acceptors (Lipinski definition) is 5. The number of carbonyl (C=O) groups is 3. The van der Waals surface area contributed by atoms with Gasteiger partial charge in [0.25, 0.3) is 0 Å². The van der Waals surface area contributed by atoms with Crippen molar-refractivity contribution in [3.05, 3.63) is 59.7 Å². The van der Waals surface area contributed by atoms with Crippen LogP contribution in [-0.2, 0) is 19.2 Å². The van der Waals surface area contributed by atoms with Gasteiger partial charge in [0.05, 0.1) is 0 Å². The lowest BCUT2D eigenvalue weighted by atomic mass is 9.96. The molecule has 1 aliphatic rings. The van der Waals surface area contributed by atoms with Crippen LogP contribution in [-0.4, -0.2) is 42.3 Å². The molecule has 2 aromatic carbocycles. The average Bonchev–Trinajstić information content (AvgIpc) is 3.16. The molecule has 2 aromatic rings. The van der Waals surface area contributed by atoms with Gasteiger partial charge in [0, 0.05) is 18.9 Å². The molecule has 2 atom stereocenters. The zero-order valence-electron chi connectivity index (χ0n) is 19.6. The van der Waals surface area contributed by atoms with Crippen LogP contribution < -0.4 is 10.8 Å². The van der Waals surface area contributed by atoms with Gasteiger partial charge >= 0.3 is 12.1 Å². The minimum Gasteiger partial charge on any atom is -0.479 e. The summed E-state index contributed by atoms with van der Waals surface area (Å²) in [5.41, 5.74) is 6.87. The largest absolute Gasteiger partial charge is 0.479 e. The zero-order chi connectivity index (χ0) is 24.5. The molecule has 0 fully saturated rings. The van der Waals surface area contributed by atoms with E-state index in [2.05, 4.69) is 35.1 Å². The molecule has 8 heteroatoms. The van der Waals surface area contributed by atoms with Gasteiger partial charge in [-0.3, -0.25) is 9.63 Å². The molecule has 182 valence electrons. The number of aliphatic carboxylic acids is 1. The van der Waals surface area contributed by atoms with Crippen LogP contribution in [0.1, 0.15) is 56.6 Å². The molecule has 0 spiro atoms. The second kappa shape index (κ2) is 12.2. The molecular formula is C26H32N2O6. The third-order valence-electron chi connectivity index (χ3n) is 6.22. The van der Waals surface area contributed by atoms with E-state index in [1.165, 1.54) is 29.2 Å². The van der Waals surface area contributed by atoms with E-state index >= 15 is 0 Å². The molecule has 0 heterocycles. The zero-order valence-corrected chi connectivity index (χ0v) is 19.6. The number of carboxylic acids is 1. The Morgan fingerprint density at radius 2 is 1.62 bits per heavy atom. The number of carboxylic acid groups (broad SMARTS) is 1. The Labute approximate surface area is 199 Å². The normalized spacial score (nSPS) is 13.9. The number of ether oxygens (including phenoxy) is 1. The Hall–Kier alpha value is -3.39. The quantitative estimate of drug-likeness (QED) is 0.402. The van der Waals surface area contributed by atoms with E-state index in [1.807, 2.05) is 31.2 Å². The standard InChI is InChI=1S/C26H32N2O6/c1-3-18(12-13-24(29)28-34-17(2)25(30)31)14-15-27-26(32)33-16-23-21-10-6-4-8-19(21)20-9-5-7-11-22(20)23/h4-11,17-18,23H,3,12-16H2,1-2H3,(H,27,32)(H,28,29)(H,30,31). The van der Waals surface area contributed by atoms with Crippen LogP contribution >= 0.6 is 0 Å². The van der Waals surface area contributed by atoms with Gasteiger partial charge in [0.1, 0.15) is 6.61 Å². The number of fused-ring (bicyclic) bond motifs is 3. The molecular weight excluding hydrogens is 436 g/mol. The van der Waals surface area contributed by atoms with Gasteiger partial charge < -0.3 is 15.2 Å². The summed E-state index contributed by atoms with van der Waals surface area (Å²) in [7, 11) is 0. The molecule has 2 amide bonds. The van der Waals surface area contributed by atoms with E-state index in [0.717, 1.165) is 6.42 Å². The topological polar surface area (TPSA) is 114 Å². The van der Waals surface area contributed by atoms with Crippen molar-refractivity contribution in [2.45, 2.75) is 51.6 Å². The predicted molar refractivity (Wildman–Crippen MR) is 127 cm³/mol. The van der Waals surface area contributed by atoms with E-state index in [0.29, 0.717) is 19.4 Å². The maximum absolute atomic E-state index is 12.3. The van der Waals surface area contributed by atoms with Crippen LogP contribution in [0.25, 0.3) is 11.1 Å². The third-order valence-corrected chi connectivity index (χ3v) is 6.22. The summed E-state index contributed by atoms with van der Waals surface area (Å²) in [6.07, 6.45) is 0.833. The van der Waals surface area contributed by atoms with Crippen molar-refractivity contribution in [2.75, 3.05) is 13.2 Å². The summed E-state index contributed by atoms with van der Waals surface area (Å²) in [5.74, 6) is -1.26. The fourth-order valence-electron chi connectivity index (χ4n) is 4.17. The van der Waals surface area contributed by atoms with Crippen LogP contribution in [0.4, 0.5) is 4.79 Å². The van der Waals surface area contributed by atoms with Crippen molar-refractivity contribution in [3.8, 4) is 11.1 Å². The van der Waals surface area contributed by atoms with Crippen LogP contribution in [0.15, 0.2) is 48.5 Å². The summed E-state index contributed by atoms with van der Waals surface area (Å²) in [4.78, 5) is 39.6. The number of carbonyl (C=O) groups excluding carboxylic acids is 2. The molecule has 0 aromatic heterocycles. The van der Waals surface area contributed by atoms with Crippen LogP contribution in [0, 0.1) is 5.92 Å². The van der Waals surface area contributed by atoms with Crippen molar-refractivity contribution in [1.29, 1.82) is 0 Å². The maximum Gasteiger partial charge on any atom is 0.407 e. The molecule has 0 saturated heterocycles. The highest BCUT2D eigenvalue weighted by Gasteiger charge is 2.29. The third kappa shape index (κ3) is 6.57. The summed E-state index contributed by atoms with van der Waals surface area (Å²) in [5, 5.41) is 11.6. The number of alkyl carbamates (subject to hydrolysis) is 1. The SMILES string of the molecule is CCC(CCNC(=O)OCC1c2ccccc2-c2ccccc21)CCC(=O)NOC(C)C(=O)O. The summed E-state index contributed by atoms with van der Waals surface area (Å²) < 4.78 is 5.55. The predicted octanol–water partition coefficient (Wildman–Crippen LogP) is 4.24. The number of hydrogen-bond donors (Lipinski definition) is 3. The van der Waals surface area contributed by atoms with Crippen molar-refractivity contribution in [3.63, 3.8) is 0 Å². The minimum absolute atomic E-state index is 0.0196. The second-order valence-electron chi connectivity index (χ2n) is 8.48. The van der Waals surface area contributed by atoms with Crippen molar-refractivity contribution in [1.82, 2.24) is 10.8 Å². The number of benzene rings is 2. The summed E-state index contributed by atoms with van der Waals surface area (Å²) in [6.45, 7) is 4.08. The highest BCUT2D eigenvalue weighted by molar-refractivity contribution is 5.79. The van der Waals surface area contributed by atoms with E-state index < -0.39 is 18.2 Å².